The molecule has 2 aliphatic carbocycles. The van der Waals surface area contributed by atoms with Gasteiger partial charge in [-0.25, -0.2) is 21.6 Å². The summed E-state index contributed by atoms with van der Waals surface area (Å²) in [6.45, 7) is 7.68. The molecule has 12 heteroatoms. The number of hydrogen-bond acceptors (Lipinski definition) is 5. The molecule has 2 aromatic carbocycles. The zero-order valence-electron chi connectivity index (χ0n) is 22.4. The third-order valence-corrected chi connectivity index (χ3v) is 11.4. The number of rotatable bonds is 4. The third-order valence-electron chi connectivity index (χ3n) is 8.78. The van der Waals surface area contributed by atoms with E-state index in [1.165, 1.54) is 19.1 Å². The summed E-state index contributed by atoms with van der Waals surface area (Å²) in [5.41, 5.74) is -1.87. The second-order valence-electron chi connectivity index (χ2n) is 11.6. The maximum absolute atomic E-state index is 13.9. The Bertz CT molecular complexity index is 1490. The average Bonchev–Trinajstić information content (AvgIpc) is 3.18. The molecule has 0 radical (unpaired) electrons. The van der Waals surface area contributed by atoms with Crippen molar-refractivity contribution in [2.45, 2.75) is 68.4 Å². The molecule has 7 nitrogen and oxygen atoms in total. The Morgan fingerprint density at radius 2 is 1.73 bits per heavy atom. The standard InChI is InChI=1S/C28H30ClF3N2O5S/c1-14-7-17-9-19(12-20(14)28(17)13-34(15(2)35)27(3,4)39-28)40(37,38)24-8-16(5-6-21(24)29)26(36)33-18-10-22(30)25(32)23(31)11-18/h5-6,8,10-11,14,17,19-20H,7,9,12-13H2,1-4H3,(H,33,36)/t14-,17?,19+,20?,28+/m0/s1. The molecule has 1 heterocycles. The summed E-state index contributed by atoms with van der Waals surface area (Å²) in [7, 11) is -4.01. The fourth-order valence-electron chi connectivity index (χ4n) is 7.03. The van der Waals surface area contributed by atoms with E-state index in [9.17, 15) is 31.2 Å². The van der Waals surface area contributed by atoms with Crippen molar-refractivity contribution in [1.82, 2.24) is 4.90 Å². The van der Waals surface area contributed by atoms with Gasteiger partial charge in [0.25, 0.3) is 5.91 Å². The molecule has 40 heavy (non-hydrogen) atoms. The first-order valence-corrected chi connectivity index (χ1v) is 15.0. The highest BCUT2D eigenvalue weighted by molar-refractivity contribution is 7.92. The smallest absolute Gasteiger partial charge is 0.255 e. The molecule has 2 bridgehead atoms. The van der Waals surface area contributed by atoms with Gasteiger partial charge in [0.2, 0.25) is 5.91 Å². The van der Waals surface area contributed by atoms with E-state index in [2.05, 4.69) is 12.2 Å². The van der Waals surface area contributed by atoms with E-state index in [0.29, 0.717) is 31.5 Å². The van der Waals surface area contributed by atoms with Gasteiger partial charge < -0.3 is 15.0 Å². The highest BCUT2D eigenvalue weighted by atomic mass is 35.5. The number of carbonyl (C=O) groups excluding carboxylic acids is 2. The minimum atomic E-state index is -4.01. The first kappa shape index (κ1) is 28.9. The SMILES string of the molecule is CC(=O)N1C[C@@]2(OC1(C)C)C1C[C@@H](S(=O)(=O)c3cc(C(=O)Nc4cc(F)c(F)c(F)c4)ccc3Cl)CC2[C@@H](C)C1. The van der Waals surface area contributed by atoms with E-state index in [1.807, 2.05) is 13.8 Å². The van der Waals surface area contributed by atoms with Crippen LogP contribution < -0.4 is 5.32 Å². The van der Waals surface area contributed by atoms with Crippen LogP contribution >= 0.6 is 11.6 Å². The molecular weight excluding hydrogens is 569 g/mol. The molecule has 2 aromatic rings. The summed E-state index contributed by atoms with van der Waals surface area (Å²) < 4.78 is 74.9. The molecule has 3 fully saturated rings. The molecular formula is C28H30ClF3N2O5S. The summed E-state index contributed by atoms with van der Waals surface area (Å²) in [6.07, 6.45) is 1.38. The van der Waals surface area contributed by atoms with Crippen molar-refractivity contribution in [2.24, 2.45) is 17.8 Å². The number of nitrogens with zero attached hydrogens (tertiary/aromatic N) is 1. The molecule has 1 saturated heterocycles. The average molecular weight is 599 g/mol. The molecule has 0 aromatic heterocycles. The number of halogens is 4. The van der Waals surface area contributed by atoms with E-state index in [0.717, 1.165) is 12.5 Å². The van der Waals surface area contributed by atoms with Crippen LogP contribution in [0.3, 0.4) is 0 Å². The number of benzene rings is 2. The molecule has 216 valence electrons. The predicted octanol–water partition coefficient (Wildman–Crippen LogP) is 5.57. The maximum atomic E-state index is 13.9. The second kappa shape index (κ2) is 9.73. The molecule has 3 aliphatic rings. The van der Waals surface area contributed by atoms with Crippen LogP contribution in [0.1, 0.15) is 57.3 Å². The highest BCUT2D eigenvalue weighted by Gasteiger charge is 2.66. The number of carbonyl (C=O) groups is 2. The van der Waals surface area contributed by atoms with Gasteiger partial charge in [-0.15, -0.1) is 0 Å². The predicted molar refractivity (Wildman–Crippen MR) is 142 cm³/mol. The minimum Gasteiger partial charge on any atom is -0.347 e. The lowest BCUT2D eigenvalue weighted by Gasteiger charge is -2.43. The topological polar surface area (TPSA) is 92.8 Å². The first-order valence-electron chi connectivity index (χ1n) is 13.0. The van der Waals surface area contributed by atoms with Crippen LogP contribution in [0, 0.1) is 35.2 Å². The first-order chi connectivity index (χ1) is 18.6. The van der Waals surface area contributed by atoms with E-state index in [1.54, 1.807) is 4.90 Å². The van der Waals surface area contributed by atoms with Crippen molar-refractivity contribution in [3.8, 4) is 0 Å². The normalized spacial score (nSPS) is 29.1. The Labute approximate surface area is 235 Å². The molecule has 5 atom stereocenters. The summed E-state index contributed by atoms with van der Waals surface area (Å²) in [5.74, 6) is -5.60. The lowest BCUT2D eigenvalue weighted by atomic mass is 9.73. The number of anilines is 1. The molecule has 2 unspecified atom stereocenters. The third kappa shape index (κ3) is 4.59. The number of amides is 2. The van der Waals surface area contributed by atoms with Crippen molar-refractivity contribution < 1.29 is 35.9 Å². The lowest BCUT2D eigenvalue weighted by Crippen LogP contribution is -2.51. The summed E-state index contributed by atoms with van der Waals surface area (Å²) in [4.78, 5) is 26.7. The molecule has 5 rings (SSSR count). The molecule has 1 aliphatic heterocycles. The van der Waals surface area contributed by atoms with Crippen LogP contribution in [0.5, 0.6) is 0 Å². The van der Waals surface area contributed by atoms with Crippen molar-refractivity contribution in [3.63, 3.8) is 0 Å². The van der Waals surface area contributed by atoms with E-state index >= 15 is 0 Å². The summed E-state index contributed by atoms with van der Waals surface area (Å²) >= 11 is 6.33. The summed E-state index contributed by atoms with van der Waals surface area (Å²) in [5, 5.41) is 1.41. The van der Waals surface area contributed by atoms with Gasteiger partial charge in [0.1, 0.15) is 5.72 Å². The van der Waals surface area contributed by atoms with Crippen LogP contribution in [-0.2, 0) is 19.4 Å². The zero-order valence-corrected chi connectivity index (χ0v) is 24.0. The Morgan fingerprint density at radius 3 is 2.30 bits per heavy atom. The maximum Gasteiger partial charge on any atom is 0.255 e. The molecule has 2 amide bonds. The van der Waals surface area contributed by atoms with Crippen molar-refractivity contribution in [1.29, 1.82) is 0 Å². The van der Waals surface area contributed by atoms with Crippen molar-refractivity contribution >= 4 is 38.9 Å². The fraction of sp³-hybridized carbons (Fsp3) is 0.500. The number of hydrogen-bond donors (Lipinski definition) is 1. The van der Waals surface area contributed by atoms with Gasteiger partial charge >= 0.3 is 0 Å². The number of ether oxygens (including phenoxy) is 1. The highest BCUT2D eigenvalue weighted by Crippen LogP contribution is 2.60. The van der Waals surface area contributed by atoms with Crippen LogP contribution in [0.25, 0.3) is 0 Å². The van der Waals surface area contributed by atoms with Gasteiger partial charge in [-0.2, -0.15) is 0 Å². The van der Waals surface area contributed by atoms with Gasteiger partial charge in [0.15, 0.2) is 27.3 Å². The number of nitrogens with one attached hydrogen (secondary N) is 1. The molecule has 1 spiro atoms. The Hall–Kier alpha value is -2.63. The minimum absolute atomic E-state index is 0.0582. The van der Waals surface area contributed by atoms with Gasteiger partial charge in [-0.3, -0.25) is 9.59 Å². The van der Waals surface area contributed by atoms with Crippen LogP contribution in [-0.4, -0.2) is 48.3 Å². The molecule has 2 saturated carbocycles. The Kier molecular flexibility index (Phi) is 7.03. The Balaban J connectivity index is 1.41. The van der Waals surface area contributed by atoms with Crippen molar-refractivity contribution in [3.05, 3.63) is 58.4 Å². The van der Waals surface area contributed by atoms with Crippen LogP contribution in [0.4, 0.5) is 18.9 Å². The molecule has 1 N–H and O–H groups in total. The lowest BCUT2D eigenvalue weighted by molar-refractivity contribution is -0.165. The monoisotopic (exact) mass is 598 g/mol. The van der Waals surface area contributed by atoms with Gasteiger partial charge in [0, 0.05) is 30.3 Å². The van der Waals surface area contributed by atoms with E-state index in [4.69, 9.17) is 16.3 Å². The van der Waals surface area contributed by atoms with Gasteiger partial charge in [-0.1, -0.05) is 18.5 Å². The van der Waals surface area contributed by atoms with Crippen LogP contribution in [0.15, 0.2) is 35.2 Å². The number of sulfone groups is 1. The largest absolute Gasteiger partial charge is 0.347 e. The van der Waals surface area contributed by atoms with E-state index < -0.39 is 49.8 Å². The quantitative estimate of drug-likeness (QED) is 0.465. The fourth-order valence-corrected chi connectivity index (χ4v) is 9.41. The van der Waals surface area contributed by atoms with Gasteiger partial charge in [-0.05, 0) is 69.1 Å². The van der Waals surface area contributed by atoms with E-state index in [-0.39, 0.29) is 44.8 Å². The zero-order chi connectivity index (χ0) is 29.4. The Morgan fingerprint density at radius 1 is 1.07 bits per heavy atom. The summed E-state index contributed by atoms with van der Waals surface area (Å²) in [6, 6.07) is 4.96. The van der Waals surface area contributed by atoms with Gasteiger partial charge in [0.05, 0.1) is 27.3 Å². The van der Waals surface area contributed by atoms with Crippen LogP contribution in [0.2, 0.25) is 5.02 Å². The van der Waals surface area contributed by atoms with Crippen molar-refractivity contribution in [2.75, 3.05) is 11.9 Å². The second-order valence-corrected chi connectivity index (χ2v) is 14.2.